The van der Waals surface area contributed by atoms with Gasteiger partial charge in [-0.05, 0) is 156 Å². The first-order valence-electron chi connectivity index (χ1n) is 18.9. The molecule has 2 heterocycles. The second-order valence-corrected chi connectivity index (χ2v) is 17.4. The molecule has 1 saturated heterocycles. The number of nitrogens with zero attached hydrogens (tertiary/aromatic N) is 1. The SMILES string of the molecule is CC1=C(C2CCC(OC(=O)C(C)(C)C)CC2)[C@@H](C2CCC(OCCN3CCCCC3)CC2)OC2CC(OC(=O)C(C)(C)C)CCC12. The van der Waals surface area contributed by atoms with Crippen LogP contribution in [0.2, 0.25) is 0 Å². The number of piperidine rings is 1. The van der Waals surface area contributed by atoms with Crippen LogP contribution in [0.1, 0.15) is 138 Å². The van der Waals surface area contributed by atoms with Gasteiger partial charge in [-0.1, -0.05) is 12.0 Å². The van der Waals surface area contributed by atoms with Crippen LogP contribution >= 0.6 is 0 Å². The van der Waals surface area contributed by atoms with Gasteiger partial charge in [-0.2, -0.15) is 0 Å². The second kappa shape index (κ2) is 15.4. The van der Waals surface area contributed by atoms with Crippen molar-refractivity contribution in [1.29, 1.82) is 0 Å². The number of hydrogen-bond donors (Lipinski definition) is 0. The molecule has 5 aliphatic rings. The first kappa shape index (κ1) is 35.9. The van der Waals surface area contributed by atoms with Crippen LogP contribution in [-0.4, -0.2) is 73.6 Å². The molecule has 3 saturated carbocycles. The van der Waals surface area contributed by atoms with E-state index in [2.05, 4.69) is 11.8 Å². The van der Waals surface area contributed by atoms with Gasteiger partial charge in [-0.3, -0.25) is 9.59 Å². The van der Waals surface area contributed by atoms with E-state index in [9.17, 15) is 9.59 Å². The zero-order valence-corrected chi connectivity index (χ0v) is 30.2. The minimum Gasteiger partial charge on any atom is -0.462 e. The molecule has 3 unspecified atom stereocenters. The van der Waals surface area contributed by atoms with Crippen LogP contribution < -0.4 is 0 Å². The number of fused-ring (bicyclic) bond motifs is 1. The molecule has 3 aliphatic carbocycles. The molecular weight excluding hydrogens is 578 g/mol. The summed E-state index contributed by atoms with van der Waals surface area (Å²) in [7, 11) is 0. The Morgan fingerprint density at radius 2 is 1.30 bits per heavy atom. The maximum absolute atomic E-state index is 12.8. The highest BCUT2D eigenvalue weighted by Crippen LogP contribution is 2.49. The van der Waals surface area contributed by atoms with Crippen molar-refractivity contribution in [2.24, 2.45) is 28.6 Å². The third-order valence-electron chi connectivity index (χ3n) is 11.6. The summed E-state index contributed by atoms with van der Waals surface area (Å²) in [4.78, 5) is 27.9. The predicted octanol–water partition coefficient (Wildman–Crippen LogP) is 8.04. The Balaban J connectivity index is 1.24. The molecule has 0 N–H and O–H groups in total. The summed E-state index contributed by atoms with van der Waals surface area (Å²) in [6, 6.07) is 0. The highest BCUT2D eigenvalue weighted by Gasteiger charge is 2.46. The molecule has 0 bridgehead atoms. The van der Waals surface area contributed by atoms with Crippen LogP contribution in [-0.2, 0) is 28.5 Å². The van der Waals surface area contributed by atoms with E-state index in [-0.39, 0.29) is 36.4 Å². The van der Waals surface area contributed by atoms with Gasteiger partial charge in [0.05, 0.1) is 35.7 Å². The summed E-state index contributed by atoms with van der Waals surface area (Å²) >= 11 is 0. The first-order chi connectivity index (χ1) is 21.8. The number of hydrogen-bond acceptors (Lipinski definition) is 7. The highest BCUT2D eigenvalue weighted by atomic mass is 16.6. The lowest BCUT2D eigenvalue weighted by atomic mass is 9.67. The lowest BCUT2D eigenvalue weighted by Crippen LogP contribution is -2.48. The van der Waals surface area contributed by atoms with E-state index in [1.54, 1.807) is 5.57 Å². The van der Waals surface area contributed by atoms with Gasteiger partial charge in [-0.15, -0.1) is 0 Å². The fraction of sp³-hybridized carbons (Fsp3) is 0.897. The van der Waals surface area contributed by atoms with Crippen molar-refractivity contribution in [3.63, 3.8) is 0 Å². The maximum atomic E-state index is 12.8. The molecule has 7 nitrogen and oxygen atoms in total. The molecule has 0 amide bonds. The van der Waals surface area contributed by atoms with E-state index in [0.717, 1.165) is 83.8 Å². The third kappa shape index (κ3) is 9.16. The maximum Gasteiger partial charge on any atom is 0.311 e. The Bertz CT molecular complexity index is 1050. The van der Waals surface area contributed by atoms with Crippen molar-refractivity contribution in [3.05, 3.63) is 11.1 Å². The van der Waals surface area contributed by atoms with E-state index in [1.165, 1.54) is 37.9 Å². The second-order valence-electron chi connectivity index (χ2n) is 17.4. The van der Waals surface area contributed by atoms with E-state index >= 15 is 0 Å². The van der Waals surface area contributed by atoms with Crippen molar-refractivity contribution in [3.8, 4) is 0 Å². The summed E-state index contributed by atoms with van der Waals surface area (Å²) in [6.45, 7) is 18.3. The summed E-state index contributed by atoms with van der Waals surface area (Å²) < 4.78 is 25.6. The molecule has 7 heteroatoms. The van der Waals surface area contributed by atoms with E-state index in [0.29, 0.717) is 23.9 Å². The third-order valence-corrected chi connectivity index (χ3v) is 11.6. The van der Waals surface area contributed by atoms with Crippen molar-refractivity contribution in [2.45, 2.75) is 169 Å². The number of ether oxygens (including phenoxy) is 4. The normalized spacial score (nSPS) is 34.9. The summed E-state index contributed by atoms with van der Waals surface area (Å²) in [6.07, 6.45) is 15.7. The fourth-order valence-corrected chi connectivity index (χ4v) is 8.70. The molecule has 5 rings (SSSR count). The molecule has 4 fully saturated rings. The minimum atomic E-state index is -0.496. The molecule has 262 valence electrons. The van der Waals surface area contributed by atoms with Gasteiger partial charge in [0.15, 0.2) is 0 Å². The van der Waals surface area contributed by atoms with Crippen molar-refractivity contribution >= 4 is 11.9 Å². The molecule has 2 aliphatic heterocycles. The summed E-state index contributed by atoms with van der Waals surface area (Å²) in [5, 5.41) is 0. The molecule has 0 aromatic heterocycles. The van der Waals surface area contributed by atoms with E-state index in [4.69, 9.17) is 18.9 Å². The lowest BCUT2D eigenvalue weighted by Gasteiger charge is -2.49. The predicted molar refractivity (Wildman–Crippen MR) is 181 cm³/mol. The average molecular weight is 644 g/mol. The van der Waals surface area contributed by atoms with Crippen molar-refractivity contribution in [1.82, 2.24) is 4.90 Å². The van der Waals surface area contributed by atoms with Gasteiger partial charge < -0.3 is 23.8 Å². The molecule has 46 heavy (non-hydrogen) atoms. The van der Waals surface area contributed by atoms with Gasteiger partial charge in [0.25, 0.3) is 0 Å². The number of carbonyl (C=O) groups is 2. The topological polar surface area (TPSA) is 74.3 Å². The van der Waals surface area contributed by atoms with E-state index in [1.807, 2.05) is 41.5 Å². The Labute approximate surface area is 279 Å². The van der Waals surface area contributed by atoms with Crippen molar-refractivity contribution in [2.75, 3.05) is 26.2 Å². The molecular formula is C39H65NO6. The molecule has 4 atom stereocenters. The summed E-state index contributed by atoms with van der Waals surface area (Å²) in [5.41, 5.74) is 2.13. The zero-order chi connectivity index (χ0) is 33.1. The molecule has 0 aromatic rings. The highest BCUT2D eigenvalue weighted by molar-refractivity contribution is 5.76. The average Bonchev–Trinajstić information content (AvgIpc) is 3.01. The number of carbonyl (C=O) groups excluding carboxylic acids is 2. The van der Waals surface area contributed by atoms with Crippen LogP contribution in [0.5, 0.6) is 0 Å². The smallest absolute Gasteiger partial charge is 0.311 e. The number of rotatable bonds is 8. The zero-order valence-electron chi connectivity index (χ0n) is 30.2. The Morgan fingerprint density at radius 1 is 0.739 bits per heavy atom. The van der Waals surface area contributed by atoms with E-state index < -0.39 is 10.8 Å². The summed E-state index contributed by atoms with van der Waals surface area (Å²) in [5.74, 6) is 1.15. The Hall–Kier alpha value is -1.44. The molecule has 0 spiro atoms. The quantitative estimate of drug-likeness (QED) is 0.196. The van der Waals surface area contributed by atoms with Gasteiger partial charge in [0.2, 0.25) is 0 Å². The van der Waals surface area contributed by atoms with Crippen LogP contribution in [0.25, 0.3) is 0 Å². The van der Waals surface area contributed by atoms with Crippen LogP contribution in [0, 0.1) is 28.6 Å². The Morgan fingerprint density at radius 3 is 1.91 bits per heavy atom. The minimum absolute atomic E-state index is 0.0186. The van der Waals surface area contributed by atoms with Gasteiger partial charge in [0.1, 0.15) is 12.2 Å². The van der Waals surface area contributed by atoms with Gasteiger partial charge in [-0.25, -0.2) is 0 Å². The van der Waals surface area contributed by atoms with Gasteiger partial charge >= 0.3 is 11.9 Å². The molecule has 0 aromatic carbocycles. The number of esters is 2. The van der Waals surface area contributed by atoms with Gasteiger partial charge in [0, 0.05) is 18.9 Å². The standard InChI is InChI=1S/C39H65NO6/c1-26-32-20-19-31(45-37(42)39(5,6)7)25-33(32)46-35(34(26)27-11-17-30(18-12-27)44-36(41)38(2,3)4)28-13-15-29(16-14-28)43-24-23-40-21-9-8-10-22-40/h27-33,35H,8-25H2,1-7H3/t27?,28?,29?,30?,31?,32?,33?,35-/m1/s1. The largest absolute Gasteiger partial charge is 0.462 e. The number of likely N-dealkylation sites (tertiary alicyclic amines) is 1. The van der Waals surface area contributed by atoms with Crippen molar-refractivity contribution < 1.29 is 28.5 Å². The fourth-order valence-electron chi connectivity index (χ4n) is 8.70. The Kier molecular flexibility index (Phi) is 12.0. The monoisotopic (exact) mass is 643 g/mol. The lowest BCUT2D eigenvalue weighted by molar-refractivity contribution is -0.167. The van der Waals surface area contributed by atoms with Crippen LogP contribution in [0.3, 0.4) is 0 Å². The van der Waals surface area contributed by atoms with Crippen LogP contribution in [0.15, 0.2) is 11.1 Å². The first-order valence-corrected chi connectivity index (χ1v) is 18.9. The van der Waals surface area contributed by atoms with Crippen LogP contribution in [0.4, 0.5) is 0 Å². The molecule has 0 radical (unpaired) electrons.